The summed E-state index contributed by atoms with van der Waals surface area (Å²) in [6, 6.07) is 4.82. The van der Waals surface area contributed by atoms with E-state index in [1.807, 2.05) is 0 Å². The number of nitrogens with zero attached hydrogens (tertiary/aromatic N) is 2. The van der Waals surface area contributed by atoms with Gasteiger partial charge in [0.2, 0.25) is 0 Å². The molecule has 21 heavy (non-hydrogen) atoms. The monoisotopic (exact) mass is 294 g/mol. The van der Waals surface area contributed by atoms with Gasteiger partial charge in [0.15, 0.2) is 11.6 Å². The van der Waals surface area contributed by atoms with E-state index in [-0.39, 0.29) is 17.1 Å². The Kier molecular flexibility index (Phi) is 2.93. The lowest BCUT2D eigenvalue weighted by Gasteiger charge is -2.08. The second-order valence-corrected chi connectivity index (χ2v) is 4.34. The minimum absolute atomic E-state index is 0.0190. The topological polar surface area (TPSA) is 80.7 Å². The Balaban J connectivity index is 2.16. The van der Waals surface area contributed by atoms with Gasteiger partial charge in [0, 0.05) is 6.20 Å². The molecule has 0 atom stereocenters. The summed E-state index contributed by atoms with van der Waals surface area (Å²) in [5.74, 6) is 0.283. The first-order valence-corrected chi connectivity index (χ1v) is 5.89. The van der Waals surface area contributed by atoms with E-state index in [0.717, 1.165) is 12.1 Å². The molecule has 0 unspecified atom stereocenters. The van der Waals surface area contributed by atoms with Crippen LogP contribution >= 0.6 is 0 Å². The molecule has 0 radical (unpaired) electrons. The summed E-state index contributed by atoms with van der Waals surface area (Å²) in [5.41, 5.74) is 6.09. The van der Waals surface area contributed by atoms with Gasteiger partial charge >= 0.3 is 6.18 Å². The summed E-state index contributed by atoms with van der Waals surface area (Å²) >= 11 is 0. The Morgan fingerprint density at radius 1 is 1.19 bits per heavy atom. The van der Waals surface area contributed by atoms with Crippen molar-refractivity contribution in [1.82, 2.24) is 15.4 Å². The fourth-order valence-electron chi connectivity index (χ4n) is 2.00. The lowest BCUT2D eigenvalue weighted by Crippen LogP contribution is -2.04. The minimum atomic E-state index is -4.43. The van der Waals surface area contributed by atoms with Gasteiger partial charge in [-0.2, -0.15) is 18.3 Å². The van der Waals surface area contributed by atoms with E-state index in [4.69, 9.17) is 10.3 Å². The van der Waals surface area contributed by atoms with Crippen LogP contribution in [0.25, 0.3) is 22.5 Å². The molecule has 0 aliphatic heterocycles. The highest BCUT2D eigenvalue weighted by molar-refractivity contribution is 5.86. The normalized spacial score (nSPS) is 11.8. The summed E-state index contributed by atoms with van der Waals surface area (Å²) in [7, 11) is 0. The van der Waals surface area contributed by atoms with Crippen molar-refractivity contribution in [3.8, 4) is 22.5 Å². The molecule has 5 nitrogen and oxygen atoms in total. The zero-order chi connectivity index (χ0) is 15.0. The molecule has 0 amide bonds. The molecule has 1 aromatic carbocycles. The first-order chi connectivity index (χ1) is 9.97. The lowest BCUT2D eigenvalue weighted by atomic mass is 10.0. The van der Waals surface area contributed by atoms with Gasteiger partial charge in [0.05, 0.1) is 22.9 Å². The van der Waals surface area contributed by atoms with E-state index in [9.17, 15) is 13.2 Å². The predicted molar refractivity (Wildman–Crippen MR) is 68.9 cm³/mol. The van der Waals surface area contributed by atoms with Crippen molar-refractivity contribution in [1.29, 1.82) is 0 Å². The number of alkyl halides is 3. The highest BCUT2D eigenvalue weighted by atomic mass is 19.4. The Hall–Kier alpha value is -2.77. The molecule has 0 aliphatic carbocycles. The summed E-state index contributed by atoms with van der Waals surface area (Å²) in [4.78, 5) is 0. The molecule has 8 heteroatoms. The number of aromatic nitrogens is 3. The lowest BCUT2D eigenvalue weighted by molar-refractivity contribution is -0.137. The second kappa shape index (κ2) is 4.65. The van der Waals surface area contributed by atoms with Gasteiger partial charge in [-0.1, -0.05) is 17.3 Å². The van der Waals surface area contributed by atoms with E-state index < -0.39 is 11.7 Å². The molecule has 2 aromatic heterocycles. The van der Waals surface area contributed by atoms with Crippen molar-refractivity contribution in [2.45, 2.75) is 6.18 Å². The molecule has 2 heterocycles. The molecule has 3 N–H and O–H groups in total. The van der Waals surface area contributed by atoms with Crippen molar-refractivity contribution >= 4 is 5.82 Å². The van der Waals surface area contributed by atoms with E-state index >= 15 is 0 Å². The van der Waals surface area contributed by atoms with Crippen LogP contribution in [0.4, 0.5) is 19.0 Å². The average molecular weight is 294 g/mol. The molecule has 0 saturated carbocycles. The molecule has 0 spiro atoms. The number of hydrogen-bond donors (Lipinski definition) is 2. The van der Waals surface area contributed by atoms with Gasteiger partial charge in [0.1, 0.15) is 0 Å². The number of aromatic amines is 1. The summed E-state index contributed by atoms with van der Waals surface area (Å²) in [6.45, 7) is 0. The maximum atomic E-state index is 12.8. The molecular formula is C13H9F3N4O. The molecule has 108 valence electrons. The number of rotatable bonds is 2. The van der Waals surface area contributed by atoms with Crippen LogP contribution in [0, 0.1) is 0 Å². The van der Waals surface area contributed by atoms with E-state index in [1.165, 1.54) is 24.5 Å². The van der Waals surface area contributed by atoms with Crippen LogP contribution in [0.2, 0.25) is 0 Å². The van der Waals surface area contributed by atoms with Crippen LogP contribution in [0.5, 0.6) is 0 Å². The summed E-state index contributed by atoms with van der Waals surface area (Å²) < 4.78 is 43.5. The van der Waals surface area contributed by atoms with Gasteiger partial charge in [-0.15, -0.1) is 0 Å². The van der Waals surface area contributed by atoms with Crippen LogP contribution in [0.1, 0.15) is 5.56 Å². The average Bonchev–Trinajstić information content (AvgIpc) is 3.06. The molecule has 0 aliphatic rings. The number of benzene rings is 1. The Morgan fingerprint density at radius 3 is 2.67 bits per heavy atom. The molecule has 3 rings (SSSR count). The Labute approximate surface area is 116 Å². The van der Waals surface area contributed by atoms with Gasteiger partial charge in [-0.05, 0) is 17.7 Å². The highest BCUT2D eigenvalue weighted by Crippen LogP contribution is 2.38. The number of hydrogen-bond acceptors (Lipinski definition) is 4. The largest absolute Gasteiger partial charge is 0.416 e. The minimum Gasteiger partial charge on any atom is -0.380 e. The van der Waals surface area contributed by atoms with Crippen molar-refractivity contribution in [2.24, 2.45) is 0 Å². The zero-order valence-electron chi connectivity index (χ0n) is 10.5. The molecular weight excluding hydrogens is 285 g/mol. The van der Waals surface area contributed by atoms with Gasteiger partial charge in [-0.3, -0.25) is 5.10 Å². The number of nitrogen functional groups attached to an aromatic ring is 1. The third-order valence-corrected chi connectivity index (χ3v) is 2.96. The Bertz CT molecular complexity index is 762. The van der Waals surface area contributed by atoms with Crippen LogP contribution < -0.4 is 5.73 Å². The SMILES string of the molecule is Nc1noc(-c2cn[nH]c2)c1-c1cccc(C(F)(F)F)c1. The fraction of sp³-hybridized carbons (Fsp3) is 0.0769. The standard InChI is InChI=1S/C13H9F3N4O/c14-13(15,16)9-3-1-2-7(4-9)10-11(21-20-12(10)17)8-5-18-19-6-8/h1-6H,(H2,17,20)(H,18,19). The number of nitrogens with two attached hydrogens (primary N) is 1. The fourth-order valence-corrected chi connectivity index (χ4v) is 2.00. The van der Waals surface area contributed by atoms with Crippen LogP contribution in [-0.2, 0) is 6.18 Å². The predicted octanol–water partition coefficient (Wildman–Crippen LogP) is 3.33. The number of H-pyrrole nitrogens is 1. The van der Waals surface area contributed by atoms with Crippen molar-refractivity contribution in [3.63, 3.8) is 0 Å². The first-order valence-electron chi connectivity index (χ1n) is 5.89. The molecule has 0 saturated heterocycles. The zero-order valence-corrected chi connectivity index (χ0v) is 10.5. The number of halogens is 3. The second-order valence-electron chi connectivity index (χ2n) is 4.34. The first kappa shape index (κ1) is 13.2. The maximum absolute atomic E-state index is 12.8. The summed E-state index contributed by atoms with van der Waals surface area (Å²) in [5, 5.41) is 9.98. The van der Waals surface area contributed by atoms with Crippen molar-refractivity contribution < 1.29 is 17.7 Å². The molecule has 0 bridgehead atoms. The Morgan fingerprint density at radius 2 is 2.00 bits per heavy atom. The van der Waals surface area contributed by atoms with Crippen molar-refractivity contribution in [2.75, 3.05) is 5.73 Å². The molecule has 3 aromatic rings. The van der Waals surface area contributed by atoms with Gasteiger partial charge in [-0.25, -0.2) is 0 Å². The quantitative estimate of drug-likeness (QED) is 0.759. The molecule has 0 fully saturated rings. The van der Waals surface area contributed by atoms with Crippen LogP contribution in [0.3, 0.4) is 0 Å². The number of anilines is 1. The van der Waals surface area contributed by atoms with E-state index in [0.29, 0.717) is 11.1 Å². The maximum Gasteiger partial charge on any atom is 0.416 e. The van der Waals surface area contributed by atoms with Crippen molar-refractivity contribution in [3.05, 3.63) is 42.2 Å². The highest BCUT2D eigenvalue weighted by Gasteiger charge is 2.31. The smallest absolute Gasteiger partial charge is 0.380 e. The summed E-state index contributed by atoms with van der Waals surface area (Å²) in [6.07, 6.45) is -1.42. The van der Waals surface area contributed by atoms with Gasteiger partial charge in [0.25, 0.3) is 0 Å². The third-order valence-electron chi connectivity index (χ3n) is 2.96. The third kappa shape index (κ3) is 2.35. The van der Waals surface area contributed by atoms with Crippen LogP contribution in [-0.4, -0.2) is 15.4 Å². The van der Waals surface area contributed by atoms with E-state index in [2.05, 4.69) is 15.4 Å². The van der Waals surface area contributed by atoms with Gasteiger partial charge < -0.3 is 10.3 Å². The van der Waals surface area contributed by atoms with Crippen LogP contribution in [0.15, 0.2) is 41.2 Å². The van der Waals surface area contributed by atoms with E-state index in [1.54, 1.807) is 0 Å². The number of nitrogens with one attached hydrogen (secondary N) is 1.